The van der Waals surface area contributed by atoms with Gasteiger partial charge in [-0.3, -0.25) is 4.79 Å². The largest absolute Gasteiger partial charge is 0.394 e. The molecule has 0 aromatic rings. The fourth-order valence-electron chi connectivity index (χ4n) is 3.16. The lowest BCUT2D eigenvalue weighted by atomic mass is 9.82. The second kappa shape index (κ2) is 6.37. The first-order chi connectivity index (χ1) is 8.74. The Morgan fingerprint density at radius 1 is 1.22 bits per heavy atom. The van der Waals surface area contributed by atoms with Crippen molar-refractivity contribution in [2.75, 3.05) is 6.61 Å². The molecule has 1 saturated carbocycles. The van der Waals surface area contributed by atoms with Crippen LogP contribution in [0.5, 0.6) is 0 Å². The van der Waals surface area contributed by atoms with Crippen LogP contribution in [0, 0.1) is 0 Å². The molecule has 102 valence electrons. The first-order valence-corrected chi connectivity index (χ1v) is 7.34. The standard InChI is InChI=1S/C15H25NO2/c17-12-15(9-5-2-6-10-15)16-14(18)11-13-7-3-1-4-8-13/h7,17H,1-6,8-12H2,(H,16,18). The minimum Gasteiger partial charge on any atom is -0.394 e. The van der Waals surface area contributed by atoms with Gasteiger partial charge in [0, 0.05) is 6.42 Å². The molecule has 0 aliphatic heterocycles. The van der Waals surface area contributed by atoms with E-state index in [9.17, 15) is 9.90 Å². The zero-order valence-electron chi connectivity index (χ0n) is 11.2. The molecule has 0 radical (unpaired) electrons. The Morgan fingerprint density at radius 2 is 2.00 bits per heavy atom. The fraction of sp³-hybridized carbons (Fsp3) is 0.800. The molecule has 0 spiro atoms. The van der Waals surface area contributed by atoms with Gasteiger partial charge in [-0.2, -0.15) is 0 Å². The molecule has 3 nitrogen and oxygen atoms in total. The second-order valence-corrected chi connectivity index (χ2v) is 5.83. The number of hydrogen-bond donors (Lipinski definition) is 2. The summed E-state index contributed by atoms with van der Waals surface area (Å²) >= 11 is 0. The molecule has 0 atom stereocenters. The van der Waals surface area contributed by atoms with Crippen molar-refractivity contribution in [3.63, 3.8) is 0 Å². The van der Waals surface area contributed by atoms with Gasteiger partial charge in [-0.05, 0) is 38.5 Å². The molecule has 0 unspecified atom stereocenters. The van der Waals surface area contributed by atoms with E-state index in [0.717, 1.165) is 38.5 Å². The van der Waals surface area contributed by atoms with Gasteiger partial charge in [-0.15, -0.1) is 0 Å². The number of carbonyl (C=O) groups is 1. The predicted octanol–water partition coefficient (Wildman–Crippen LogP) is 2.69. The molecule has 0 saturated heterocycles. The van der Waals surface area contributed by atoms with Crippen LogP contribution < -0.4 is 5.32 Å². The first kappa shape index (κ1) is 13.6. The van der Waals surface area contributed by atoms with Gasteiger partial charge in [0.25, 0.3) is 0 Å². The van der Waals surface area contributed by atoms with E-state index in [0.29, 0.717) is 6.42 Å². The number of aliphatic hydroxyl groups is 1. The van der Waals surface area contributed by atoms with Crippen LogP contribution in [0.15, 0.2) is 11.6 Å². The van der Waals surface area contributed by atoms with Crippen molar-refractivity contribution >= 4 is 5.91 Å². The van der Waals surface area contributed by atoms with E-state index in [-0.39, 0.29) is 18.1 Å². The van der Waals surface area contributed by atoms with Crippen LogP contribution >= 0.6 is 0 Å². The Bertz CT molecular complexity index is 316. The van der Waals surface area contributed by atoms with Crippen molar-refractivity contribution in [1.29, 1.82) is 0 Å². The highest BCUT2D eigenvalue weighted by Crippen LogP contribution is 2.28. The summed E-state index contributed by atoms with van der Waals surface area (Å²) in [7, 11) is 0. The van der Waals surface area contributed by atoms with Crippen LogP contribution in [-0.2, 0) is 4.79 Å². The van der Waals surface area contributed by atoms with E-state index in [4.69, 9.17) is 0 Å². The monoisotopic (exact) mass is 251 g/mol. The molecule has 0 bridgehead atoms. The third-order valence-electron chi connectivity index (χ3n) is 4.29. The minimum atomic E-state index is -0.329. The lowest BCUT2D eigenvalue weighted by Crippen LogP contribution is -2.52. The molecular formula is C15H25NO2. The van der Waals surface area contributed by atoms with Crippen molar-refractivity contribution in [1.82, 2.24) is 5.32 Å². The molecule has 3 heteroatoms. The number of carbonyl (C=O) groups excluding carboxylic acids is 1. The molecule has 2 rings (SSSR count). The number of nitrogens with one attached hydrogen (secondary N) is 1. The van der Waals surface area contributed by atoms with Gasteiger partial charge in [-0.25, -0.2) is 0 Å². The van der Waals surface area contributed by atoms with E-state index in [1.165, 1.54) is 24.8 Å². The Kier molecular flexibility index (Phi) is 4.81. The maximum absolute atomic E-state index is 12.1. The maximum atomic E-state index is 12.1. The Hall–Kier alpha value is -0.830. The molecule has 0 aromatic heterocycles. The highest BCUT2D eigenvalue weighted by Gasteiger charge is 2.32. The SMILES string of the molecule is O=C(CC1=CCCCC1)NC1(CO)CCCCC1. The van der Waals surface area contributed by atoms with Gasteiger partial charge in [0.1, 0.15) is 0 Å². The van der Waals surface area contributed by atoms with Gasteiger partial charge in [0.2, 0.25) is 5.91 Å². The third-order valence-corrected chi connectivity index (χ3v) is 4.29. The third kappa shape index (κ3) is 3.58. The van der Waals surface area contributed by atoms with Crippen molar-refractivity contribution in [3.8, 4) is 0 Å². The van der Waals surface area contributed by atoms with Gasteiger partial charge in [0.15, 0.2) is 0 Å². The van der Waals surface area contributed by atoms with Crippen molar-refractivity contribution < 1.29 is 9.90 Å². The molecule has 1 amide bonds. The molecule has 18 heavy (non-hydrogen) atoms. The topological polar surface area (TPSA) is 49.3 Å². The van der Waals surface area contributed by atoms with Crippen LogP contribution in [0.2, 0.25) is 0 Å². The molecule has 1 fully saturated rings. The zero-order chi connectivity index (χ0) is 12.8. The average Bonchev–Trinajstić information content (AvgIpc) is 2.41. The Morgan fingerprint density at radius 3 is 2.61 bits per heavy atom. The molecule has 2 aliphatic carbocycles. The van der Waals surface area contributed by atoms with Gasteiger partial charge >= 0.3 is 0 Å². The molecule has 0 heterocycles. The van der Waals surface area contributed by atoms with Gasteiger partial charge in [-0.1, -0.05) is 30.9 Å². The van der Waals surface area contributed by atoms with Gasteiger partial charge in [0.05, 0.1) is 12.1 Å². The quantitative estimate of drug-likeness (QED) is 0.755. The summed E-state index contributed by atoms with van der Waals surface area (Å²) in [5, 5.41) is 12.7. The van der Waals surface area contributed by atoms with Crippen molar-refractivity contribution in [2.45, 2.75) is 69.7 Å². The highest BCUT2D eigenvalue weighted by molar-refractivity contribution is 5.79. The smallest absolute Gasteiger partial charge is 0.224 e. The minimum absolute atomic E-state index is 0.0811. The molecule has 2 N–H and O–H groups in total. The molecule has 0 aromatic carbocycles. The average molecular weight is 251 g/mol. The summed E-state index contributed by atoms with van der Waals surface area (Å²) in [6.45, 7) is 0.0811. The number of allylic oxidation sites excluding steroid dienone is 1. The van der Waals surface area contributed by atoms with Crippen molar-refractivity contribution in [2.24, 2.45) is 0 Å². The van der Waals surface area contributed by atoms with E-state index in [2.05, 4.69) is 11.4 Å². The lowest BCUT2D eigenvalue weighted by Gasteiger charge is -2.36. The van der Waals surface area contributed by atoms with Gasteiger partial charge < -0.3 is 10.4 Å². The Labute approximate surface area is 110 Å². The van der Waals surface area contributed by atoms with Crippen LogP contribution in [0.1, 0.15) is 64.2 Å². The maximum Gasteiger partial charge on any atom is 0.224 e. The summed E-state index contributed by atoms with van der Waals surface area (Å²) in [5.74, 6) is 0.0964. The van der Waals surface area contributed by atoms with Crippen molar-refractivity contribution in [3.05, 3.63) is 11.6 Å². The van der Waals surface area contributed by atoms with E-state index < -0.39 is 0 Å². The summed E-state index contributed by atoms with van der Waals surface area (Å²) < 4.78 is 0. The first-order valence-electron chi connectivity index (χ1n) is 7.34. The summed E-state index contributed by atoms with van der Waals surface area (Å²) in [5.41, 5.74) is 0.951. The number of aliphatic hydroxyl groups excluding tert-OH is 1. The van der Waals surface area contributed by atoms with E-state index in [1.54, 1.807) is 0 Å². The zero-order valence-corrected chi connectivity index (χ0v) is 11.2. The van der Waals surface area contributed by atoms with Crippen LogP contribution in [0.4, 0.5) is 0 Å². The number of amides is 1. The normalized spacial score (nSPS) is 23.3. The summed E-state index contributed by atoms with van der Waals surface area (Å²) in [6.07, 6.45) is 12.7. The molecule has 2 aliphatic rings. The molecular weight excluding hydrogens is 226 g/mol. The number of hydrogen-bond acceptors (Lipinski definition) is 2. The number of rotatable bonds is 4. The van der Waals surface area contributed by atoms with E-state index >= 15 is 0 Å². The summed E-state index contributed by atoms with van der Waals surface area (Å²) in [6, 6.07) is 0. The predicted molar refractivity (Wildman–Crippen MR) is 72.2 cm³/mol. The second-order valence-electron chi connectivity index (χ2n) is 5.83. The Balaban J connectivity index is 1.86. The van der Waals surface area contributed by atoms with Crippen LogP contribution in [0.25, 0.3) is 0 Å². The van der Waals surface area contributed by atoms with E-state index in [1.807, 2.05) is 0 Å². The fourth-order valence-corrected chi connectivity index (χ4v) is 3.16. The van der Waals surface area contributed by atoms with Crippen LogP contribution in [0.3, 0.4) is 0 Å². The highest BCUT2D eigenvalue weighted by atomic mass is 16.3. The van der Waals surface area contributed by atoms with Crippen LogP contribution in [-0.4, -0.2) is 23.2 Å². The summed E-state index contributed by atoms with van der Waals surface area (Å²) in [4.78, 5) is 12.1. The lowest BCUT2D eigenvalue weighted by molar-refractivity contribution is -0.123.